The standard InChI is InChI=1S/C12H24N2/c1-5-14-9-11(2,3)13-8-12(14,4)10-6-7-10/h10,13H,5-9H2,1-4H3. The Morgan fingerprint density at radius 2 is 1.93 bits per heavy atom. The highest BCUT2D eigenvalue weighted by Gasteiger charge is 2.49. The molecule has 0 aromatic heterocycles. The van der Waals surface area contributed by atoms with Crippen LogP contribution in [0.25, 0.3) is 0 Å². The normalized spacial score (nSPS) is 38.6. The first-order valence-corrected chi connectivity index (χ1v) is 5.98. The van der Waals surface area contributed by atoms with Crippen molar-refractivity contribution >= 4 is 0 Å². The van der Waals surface area contributed by atoms with Gasteiger partial charge in [-0.2, -0.15) is 0 Å². The molecule has 1 N–H and O–H groups in total. The van der Waals surface area contributed by atoms with Gasteiger partial charge in [0.15, 0.2) is 0 Å². The molecule has 0 aromatic carbocycles. The molecule has 1 saturated carbocycles. The van der Waals surface area contributed by atoms with E-state index in [0.717, 1.165) is 5.92 Å². The van der Waals surface area contributed by atoms with Crippen molar-refractivity contribution in [1.29, 1.82) is 0 Å². The average Bonchev–Trinajstić information content (AvgIpc) is 2.92. The topological polar surface area (TPSA) is 15.3 Å². The van der Waals surface area contributed by atoms with Gasteiger partial charge in [-0.1, -0.05) is 6.92 Å². The van der Waals surface area contributed by atoms with Crippen LogP contribution in [0.2, 0.25) is 0 Å². The number of piperazine rings is 1. The van der Waals surface area contributed by atoms with Crippen LogP contribution in [0.3, 0.4) is 0 Å². The molecule has 2 aliphatic rings. The predicted octanol–water partition coefficient (Wildman–Crippen LogP) is 1.86. The second-order valence-electron chi connectivity index (χ2n) is 5.88. The number of rotatable bonds is 2. The summed E-state index contributed by atoms with van der Waals surface area (Å²) in [6, 6.07) is 0. The minimum absolute atomic E-state index is 0.296. The largest absolute Gasteiger partial charge is 0.309 e. The fourth-order valence-electron chi connectivity index (χ4n) is 2.82. The van der Waals surface area contributed by atoms with E-state index in [1.165, 1.54) is 32.5 Å². The van der Waals surface area contributed by atoms with Gasteiger partial charge in [-0.25, -0.2) is 0 Å². The van der Waals surface area contributed by atoms with Crippen LogP contribution in [-0.2, 0) is 0 Å². The van der Waals surface area contributed by atoms with Crippen LogP contribution in [0.4, 0.5) is 0 Å². The molecule has 14 heavy (non-hydrogen) atoms. The Hall–Kier alpha value is -0.0800. The summed E-state index contributed by atoms with van der Waals surface area (Å²) in [6.45, 7) is 12.9. The zero-order chi connectivity index (χ0) is 10.4. The lowest BCUT2D eigenvalue weighted by molar-refractivity contribution is 0.0164. The number of nitrogens with zero attached hydrogens (tertiary/aromatic N) is 1. The van der Waals surface area contributed by atoms with Crippen LogP contribution >= 0.6 is 0 Å². The summed E-state index contributed by atoms with van der Waals surface area (Å²) in [4.78, 5) is 2.68. The summed E-state index contributed by atoms with van der Waals surface area (Å²) in [5, 5.41) is 3.69. The molecular formula is C12H24N2. The molecule has 1 atom stereocenters. The Labute approximate surface area is 88.1 Å². The highest BCUT2D eigenvalue weighted by Crippen LogP contribution is 2.44. The fraction of sp³-hybridized carbons (Fsp3) is 1.00. The molecular weight excluding hydrogens is 172 g/mol. The zero-order valence-electron chi connectivity index (χ0n) is 10.1. The maximum absolute atomic E-state index is 3.69. The van der Waals surface area contributed by atoms with Crippen LogP contribution in [-0.4, -0.2) is 35.6 Å². The molecule has 1 aliphatic carbocycles. The minimum atomic E-state index is 0.296. The Balaban J connectivity index is 2.11. The molecule has 0 aromatic rings. The molecule has 2 rings (SSSR count). The second-order valence-corrected chi connectivity index (χ2v) is 5.88. The van der Waals surface area contributed by atoms with Crippen molar-refractivity contribution in [1.82, 2.24) is 10.2 Å². The third kappa shape index (κ3) is 1.70. The van der Waals surface area contributed by atoms with Gasteiger partial charge in [0.1, 0.15) is 0 Å². The van der Waals surface area contributed by atoms with E-state index in [2.05, 4.69) is 37.9 Å². The predicted molar refractivity (Wildman–Crippen MR) is 60.5 cm³/mol. The van der Waals surface area contributed by atoms with Crippen LogP contribution in [0, 0.1) is 5.92 Å². The van der Waals surface area contributed by atoms with Crippen molar-refractivity contribution in [3.8, 4) is 0 Å². The lowest BCUT2D eigenvalue weighted by atomic mass is 9.86. The quantitative estimate of drug-likeness (QED) is 0.725. The fourth-order valence-corrected chi connectivity index (χ4v) is 2.82. The summed E-state index contributed by atoms with van der Waals surface area (Å²) in [6.07, 6.45) is 2.88. The maximum atomic E-state index is 3.69. The Morgan fingerprint density at radius 1 is 1.29 bits per heavy atom. The van der Waals surface area contributed by atoms with E-state index in [1.807, 2.05) is 0 Å². The molecule has 2 nitrogen and oxygen atoms in total. The lowest BCUT2D eigenvalue weighted by Crippen LogP contribution is -2.67. The lowest BCUT2D eigenvalue weighted by Gasteiger charge is -2.51. The van der Waals surface area contributed by atoms with E-state index in [9.17, 15) is 0 Å². The van der Waals surface area contributed by atoms with E-state index >= 15 is 0 Å². The van der Waals surface area contributed by atoms with Crippen molar-refractivity contribution < 1.29 is 0 Å². The third-order valence-corrected chi connectivity index (χ3v) is 4.07. The van der Waals surface area contributed by atoms with Gasteiger partial charge in [0.2, 0.25) is 0 Å². The van der Waals surface area contributed by atoms with Gasteiger partial charge < -0.3 is 5.32 Å². The summed E-state index contributed by atoms with van der Waals surface area (Å²) in [5.74, 6) is 0.950. The van der Waals surface area contributed by atoms with Crippen molar-refractivity contribution in [2.24, 2.45) is 5.92 Å². The van der Waals surface area contributed by atoms with Crippen molar-refractivity contribution in [2.45, 2.75) is 51.6 Å². The molecule has 2 fully saturated rings. The first kappa shape index (κ1) is 10.4. The Morgan fingerprint density at radius 3 is 2.43 bits per heavy atom. The summed E-state index contributed by atoms with van der Waals surface area (Å²) in [7, 11) is 0. The summed E-state index contributed by atoms with van der Waals surface area (Å²) < 4.78 is 0. The number of likely N-dealkylation sites (N-methyl/N-ethyl adjacent to an activating group) is 1. The average molecular weight is 196 g/mol. The van der Waals surface area contributed by atoms with E-state index in [4.69, 9.17) is 0 Å². The number of nitrogens with one attached hydrogen (secondary N) is 1. The maximum Gasteiger partial charge on any atom is 0.0334 e. The van der Waals surface area contributed by atoms with Crippen molar-refractivity contribution in [3.63, 3.8) is 0 Å². The van der Waals surface area contributed by atoms with Gasteiger partial charge in [0, 0.05) is 24.2 Å². The monoisotopic (exact) mass is 196 g/mol. The van der Waals surface area contributed by atoms with Gasteiger partial charge in [0.05, 0.1) is 0 Å². The van der Waals surface area contributed by atoms with Crippen LogP contribution in [0.5, 0.6) is 0 Å². The van der Waals surface area contributed by atoms with Gasteiger partial charge >= 0.3 is 0 Å². The number of hydrogen-bond acceptors (Lipinski definition) is 2. The molecule has 0 amide bonds. The Kier molecular flexibility index (Phi) is 2.39. The van der Waals surface area contributed by atoms with Crippen LogP contribution in [0.15, 0.2) is 0 Å². The minimum Gasteiger partial charge on any atom is -0.309 e. The van der Waals surface area contributed by atoms with Crippen molar-refractivity contribution in [2.75, 3.05) is 19.6 Å². The van der Waals surface area contributed by atoms with E-state index in [-0.39, 0.29) is 0 Å². The molecule has 1 heterocycles. The molecule has 1 saturated heterocycles. The highest BCUT2D eigenvalue weighted by atomic mass is 15.3. The smallest absolute Gasteiger partial charge is 0.0334 e. The molecule has 82 valence electrons. The molecule has 2 heteroatoms. The van der Waals surface area contributed by atoms with Gasteiger partial charge in [-0.15, -0.1) is 0 Å². The first-order chi connectivity index (χ1) is 6.48. The third-order valence-electron chi connectivity index (χ3n) is 4.07. The van der Waals surface area contributed by atoms with Crippen LogP contribution < -0.4 is 5.32 Å². The van der Waals surface area contributed by atoms with Gasteiger partial charge in [0.25, 0.3) is 0 Å². The molecule has 0 radical (unpaired) electrons. The SMILES string of the molecule is CCN1CC(C)(C)NCC1(C)C1CC1. The second kappa shape index (κ2) is 3.21. The Bertz CT molecular complexity index is 220. The van der Waals surface area contributed by atoms with Crippen LogP contribution in [0.1, 0.15) is 40.5 Å². The van der Waals surface area contributed by atoms with Gasteiger partial charge in [-0.05, 0) is 46.1 Å². The molecule has 1 aliphatic heterocycles. The van der Waals surface area contributed by atoms with Gasteiger partial charge in [-0.3, -0.25) is 4.90 Å². The number of hydrogen-bond donors (Lipinski definition) is 1. The first-order valence-electron chi connectivity index (χ1n) is 5.98. The zero-order valence-corrected chi connectivity index (χ0v) is 10.1. The molecule has 1 unspecified atom stereocenters. The highest BCUT2D eigenvalue weighted by molar-refractivity contribution is 5.06. The summed E-state index contributed by atoms with van der Waals surface area (Å²) in [5.41, 5.74) is 0.731. The summed E-state index contributed by atoms with van der Waals surface area (Å²) >= 11 is 0. The van der Waals surface area contributed by atoms with E-state index < -0.39 is 0 Å². The molecule has 0 spiro atoms. The van der Waals surface area contributed by atoms with Crippen molar-refractivity contribution in [3.05, 3.63) is 0 Å². The van der Waals surface area contributed by atoms with E-state index in [1.54, 1.807) is 0 Å². The van der Waals surface area contributed by atoms with E-state index in [0.29, 0.717) is 11.1 Å². The molecule has 0 bridgehead atoms.